The summed E-state index contributed by atoms with van der Waals surface area (Å²) in [4.78, 5) is 15.9. The van der Waals surface area contributed by atoms with Gasteiger partial charge in [0.25, 0.3) is 0 Å². The van der Waals surface area contributed by atoms with Gasteiger partial charge < -0.3 is 14.8 Å². The molecular weight excluding hydrogens is 470 g/mol. The third-order valence-electron chi connectivity index (χ3n) is 7.24. The number of carbonyl (C=O) groups excluding carboxylic acids is 1. The molecule has 0 spiro atoms. The Morgan fingerprint density at radius 2 is 1.63 bits per heavy atom. The van der Waals surface area contributed by atoms with Crippen molar-refractivity contribution in [3.05, 3.63) is 137 Å². The van der Waals surface area contributed by atoms with Crippen LogP contribution in [0.15, 0.2) is 103 Å². The zero-order chi connectivity index (χ0) is 26.1. The van der Waals surface area contributed by atoms with Gasteiger partial charge >= 0.3 is 6.03 Å². The molecule has 1 aliphatic rings. The Bertz CT molecular complexity index is 1550. The van der Waals surface area contributed by atoms with Crippen molar-refractivity contribution in [3.63, 3.8) is 0 Å². The number of hydrogen-bond donors (Lipinski definition) is 1. The minimum atomic E-state index is -0.261. The first-order valence-corrected chi connectivity index (χ1v) is 13.1. The van der Waals surface area contributed by atoms with Crippen molar-refractivity contribution in [1.82, 2.24) is 24.6 Å². The van der Waals surface area contributed by atoms with Crippen LogP contribution < -0.4 is 5.32 Å². The van der Waals surface area contributed by atoms with E-state index in [1.165, 1.54) is 5.56 Å². The highest BCUT2D eigenvalue weighted by molar-refractivity contribution is 5.76. The van der Waals surface area contributed by atoms with Gasteiger partial charge in [-0.05, 0) is 48.7 Å². The summed E-state index contributed by atoms with van der Waals surface area (Å²) in [6.45, 7) is 5.12. The fraction of sp³-hybridized carbons (Fsp3) is 0.188. The van der Waals surface area contributed by atoms with E-state index >= 15 is 0 Å². The number of urea groups is 1. The molecule has 2 aromatic heterocycles. The maximum Gasteiger partial charge on any atom is 0.318 e. The largest absolute Gasteiger partial charge is 0.334 e. The molecular formula is C32H31N5O. The predicted octanol–water partition coefficient (Wildman–Crippen LogP) is 6.35. The molecule has 0 bridgehead atoms. The van der Waals surface area contributed by atoms with Gasteiger partial charge in [0.2, 0.25) is 0 Å². The smallest absolute Gasteiger partial charge is 0.318 e. The van der Waals surface area contributed by atoms with E-state index in [4.69, 9.17) is 5.10 Å². The second-order valence-electron chi connectivity index (χ2n) is 9.74. The molecule has 1 unspecified atom stereocenters. The van der Waals surface area contributed by atoms with E-state index in [2.05, 4.69) is 78.5 Å². The van der Waals surface area contributed by atoms with Crippen molar-refractivity contribution in [3.8, 4) is 11.5 Å². The lowest BCUT2D eigenvalue weighted by atomic mass is 10.0. The fourth-order valence-electron chi connectivity index (χ4n) is 5.32. The SMILES string of the molecule is CCc1nn(-c2ccccc2)c2c1CN(C(=O)NCc1ccccc1)C(c1ccc(C)cc1)c1cccn1-2. The summed E-state index contributed by atoms with van der Waals surface area (Å²) in [5.41, 5.74) is 7.42. The van der Waals surface area contributed by atoms with Crippen LogP contribution in [0.25, 0.3) is 11.5 Å². The summed E-state index contributed by atoms with van der Waals surface area (Å²) >= 11 is 0. The average Bonchev–Trinajstić information content (AvgIpc) is 3.54. The van der Waals surface area contributed by atoms with Crippen molar-refractivity contribution in [2.24, 2.45) is 0 Å². The van der Waals surface area contributed by atoms with Gasteiger partial charge in [0, 0.05) is 18.3 Å². The average molecular weight is 502 g/mol. The Morgan fingerprint density at radius 1 is 0.921 bits per heavy atom. The van der Waals surface area contributed by atoms with Crippen molar-refractivity contribution >= 4 is 6.03 Å². The molecule has 1 aliphatic heterocycles. The summed E-state index contributed by atoms with van der Waals surface area (Å²) < 4.78 is 4.23. The number of rotatable bonds is 5. The number of benzene rings is 3. The summed E-state index contributed by atoms with van der Waals surface area (Å²) in [5.74, 6) is 0.989. The third-order valence-corrected chi connectivity index (χ3v) is 7.24. The van der Waals surface area contributed by atoms with Gasteiger partial charge in [-0.15, -0.1) is 0 Å². The number of para-hydroxylation sites is 1. The molecule has 0 radical (unpaired) electrons. The monoisotopic (exact) mass is 501 g/mol. The lowest BCUT2D eigenvalue weighted by Crippen LogP contribution is -2.41. The van der Waals surface area contributed by atoms with Crippen molar-refractivity contribution < 1.29 is 4.79 Å². The summed E-state index contributed by atoms with van der Waals surface area (Å²) in [6, 6.07) is 32.6. The Hall–Kier alpha value is -4.58. The quantitative estimate of drug-likeness (QED) is 0.305. The van der Waals surface area contributed by atoms with Crippen LogP contribution in [0.5, 0.6) is 0 Å². The fourth-order valence-corrected chi connectivity index (χ4v) is 5.32. The van der Waals surface area contributed by atoms with Gasteiger partial charge in [-0.3, -0.25) is 0 Å². The minimum absolute atomic E-state index is 0.102. The Labute approximate surface area is 223 Å². The first-order valence-electron chi connectivity index (χ1n) is 13.1. The van der Waals surface area contributed by atoms with Crippen molar-refractivity contribution in [2.45, 2.75) is 39.4 Å². The highest BCUT2D eigenvalue weighted by atomic mass is 16.2. The minimum Gasteiger partial charge on any atom is -0.334 e. The first kappa shape index (κ1) is 23.8. The molecule has 190 valence electrons. The van der Waals surface area contributed by atoms with Crippen LogP contribution in [0, 0.1) is 6.92 Å². The topological polar surface area (TPSA) is 55.1 Å². The maximum absolute atomic E-state index is 14.0. The molecule has 6 nitrogen and oxygen atoms in total. The van der Waals surface area contributed by atoms with Crippen LogP contribution in [-0.4, -0.2) is 25.3 Å². The number of carbonyl (C=O) groups is 1. The van der Waals surface area contributed by atoms with E-state index in [9.17, 15) is 4.79 Å². The summed E-state index contributed by atoms with van der Waals surface area (Å²) in [7, 11) is 0. The molecule has 0 saturated heterocycles. The van der Waals surface area contributed by atoms with Gasteiger partial charge in [0.15, 0.2) is 0 Å². The van der Waals surface area contributed by atoms with Gasteiger partial charge in [0.1, 0.15) is 5.82 Å². The zero-order valence-corrected chi connectivity index (χ0v) is 21.7. The van der Waals surface area contributed by atoms with Crippen molar-refractivity contribution in [2.75, 3.05) is 0 Å². The third kappa shape index (κ3) is 4.28. The van der Waals surface area contributed by atoms with E-state index in [1.807, 2.05) is 58.1 Å². The van der Waals surface area contributed by atoms with Crippen LogP contribution in [0.1, 0.15) is 46.6 Å². The number of nitrogens with zero attached hydrogens (tertiary/aromatic N) is 4. The van der Waals surface area contributed by atoms with Crippen LogP contribution in [-0.2, 0) is 19.5 Å². The van der Waals surface area contributed by atoms with Gasteiger partial charge in [-0.25, -0.2) is 9.48 Å². The van der Waals surface area contributed by atoms with Crippen LogP contribution >= 0.6 is 0 Å². The highest BCUT2D eigenvalue weighted by Crippen LogP contribution is 2.38. The molecule has 0 aliphatic carbocycles. The van der Waals surface area contributed by atoms with E-state index in [0.29, 0.717) is 13.1 Å². The summed E-state index contributed by atoms with van der Waals surface area (Å²) in [5, 5.41) is 8.22. The van der Waals surface area contributed by atoms with E-state index in [0.717, 1.165) is 46.0 Å². The molecule has 6 heteroatoms. The summed E-state index contributed by atoms with van der Waals surface area (Å²) in [6.07, 6.45) is 2.86. The van der Waals surface area contributed by atoms with E-state index < -0.39 is 0 Å². The molecule has 2 amide bonds. The Morgan fingerprint density at radius 3 is 2.34 bits per heavy atom. The van der Waals surface area contributed by atoms with Gasteiger partial charge in [-0.2, -0.15) is 5.10 Å². The zero-order valence-electron chi connectivity index (χ0n) is 21.7. The lowest BCUT2D eigenvalue weighted by Gasteiger charge is -2.31. The van der Waals surface area contributed by atoms with Crippen LogP contribution in [0.4, 0.5) is 4.79 Å². The van der Waals surface area contributed by atoms with Gasteiger partial charge in [-0.1, -0.05) is 85.3 Å². The second kappa shape index (κ2) is 10.1. The molecule has 3 aromatic carbocycles. The molecule has 38 heavy (non-hydrogen) atoms. The lowest BCUT2D eigenvalue weighted by molar-refractivity contribution is 0.180. The number of hydrogen-bond acceptors (Lipinski definition) is 2. The molecule has 0 saturated carbocycles. The number of aromatic nitrogens is 3. The molecule has 6 rings (SSSR count). The van der Waals surface area contributed by atoms with Gasteiger partial charge in [0.05, 0.1) is 29.7 Å². The number of fused-ring (bicyclic) bond motifs is 3. The Kier molecular flexibility index (Phi) is 6.30. The van der Waals surface area contributed by atoms with E-state index in [1.54, 1.807) is 0 Å². The molecule has 1 atom stereocenters. The molecule has 1 N–H and O–H groups in total. The first-order chi connectivity index (χ1) is 18.6. The standard InChI is InChI=1S/C32H31N5O/c1-3-28-27-22-36(32(38)33-21-24-11-6-4-7-12-24)30(25-18-16-23(2)17-19-25)29-15-10-20-35(29)31(27)37(34-28)26-13-8-5-9-14-26/h4-20,30H,3,21-22H2,1-2H3,(H,33,38). The number of amides is 2. The predicted molar refractivity (Wildman–Crippen MR) is 150 cm³/mol. The van der Waals surface area contributed by atoms with E-state index in [-0.39, 0.29) is 12.1 Å². The number of aryl methyl sites for hydroxylation is 2. The molecule has 3 heterocycles. The van der Waals surface area contributed by atoms with Crippen molar-refractivity contribution in [1.29, 1.82) is 0 Å². The maximum atomic E-state index is 14.0. The van der Waals surface area contributed by atoms with Crippen LogP contribution in [0.2, 0.25) is 0 Å². The Balaban J connectivity index is 1.50. The van der Waals surface area contributed by atoms with Crippen LogP contribution in [0.3, 0.4) is 0 Å². The second-order valence-corrected chi connectivity index (χ2v) is 9.74. The highest BCUT2D eigenvalue weighted by Gasteiger charge is 2.36. The molecule has 5 aromatic rings. The normalized spacial score (nSPS) is 14.5. The molecule has 0 fully saturated rings. The number of nitrogens with one attached hydrogen (secondary N) is 1.